The third kappa shape index (κ3) is 3.35. The summed E-state index contributed by atoms with van der Waals surface area (Å²) in [6.45, 7) is 5.45. The molecule has 4 nitrogen and oxygen atoms in total. The van der Waals surface area contributed by atoms with Gasteiger partial charge in [-0.05, 0) is 32.9 Å². The molecule has 19 heavy (non-hydrogen) atoms. The van der Waals surface area contributed by atoms with Crippen molar-refractivity contribution in [1.29, 1.82) is 0 Å². The van der Waals surface area contributed by atoms with Crippen molar-refractivity contribution in [1.82, 2.24) is 4.98 Å². The van der Waals surface area contributed by atoms with E-state index < -0.39 is 11.7 Å². The number of pyridine rings is 1. The molecule has 0 saturated heterocycles. The lowest BCUT2D eigenvalue weighted by Gasteiger charge is -2.20. The van der Waals surface area contributed by atoms with E-state index in [0.717, 1.165) is 10.8 Å². The summed E-state index contributed by atoms with van der Waals surface area (Å²) in [5.74, 6) is 0. The van der Waals surface area contributed by atoms with Gasteiger partial charge in [-0.25, -0.2) is 9.78 Å². The van der Waals surface area contributed by atoms with E-state index in [9.17, 15) is 4.79 Å². The first-order valence-electron chi connectivity index (χ1n) is 5.90. The summed E-state index contributed by atoms with van der Waals surface area (Å²) in [6, 6.07) is 7.25. The summed E-state index contributed by atoms with van der Waals surface area (Å²) in [5.41, 5.74) is 0.115. The largest absolute Gasteiger partial charge is 0.444 e. The van der Waals surface area contributed by atoms with Gasteiger partial charge in [0.25, 0.3) is 0 Å². The second kappa shape index (κ2) is 5.05. The molecule has 100 valence electrons. The number of carbonyl (C=O) groups is 1. The fourth-order valence-electron chi connectivity index (χ4n) is 1.69. The maximum absolute atomic E-state index is 11.8. The van der Waals surface area contributed by atoms with Crippen molar-refractivity contribution < 1.29 is 9.53 Å². The molecule has 0 spiro atoms. The van der Waals surface area contributed by atoms with Crippen LogP contribution in [0.25, 0.3) is 10.8 Å². The number of halogens is 1. The van der Waals surface area contributed by atoms with Crippen LogP contribution in [0.15, 0.2) is 30.5 Å². The van der Waals surface area contributed by atoms with Crippen molar-refractivity contribution in [2.45, 2.75) is 26.4 Å². The Bertz CT molecular complexity index is 620. The Morgan fingerprint density at radius 2 is 2.00 bits per heavy atom. The number of benzene rings is 1. The van der Waals surface area contributed by atoms with Crippen LogP contribution in [0.3, 0.4) is 0 Å². The fourth-order valence-corrected chi connectivity index (χ4v) is 1.92. The molecule has 0 radical (unpaired) electrons. The van der Waals surface area contributed by atoms with Crippen molar-refractivity contribution in [2.75, 3.05) is 5.32 Å². The van der Waals surface area contributed by atoms with Gasteiger partial charge in [0.1, 0.15) is 10.8 Å². The number of fused-ring (bicyclic) bond motifs is 1. The summed E-state index contributed by atoms with van der Waals surface area (Å²) in [6.07, 6.45) is 1.11. The lowest BCUT2D eigenvalue weighted by atomic mass is 10.1. The average Bonchev–Trinajstić information content (AvgIpc) is 2.28. The number of nitrogens with zero attached hydrogens (tertiary/aromatic N) is 1. The van der Waals surface area contributed by atoms with Crippen molar-refractivity contribution in [3.8, 4) is 0 Å². The van der Waals surface area contributed by atoms with Gasteiger partial charge >= 0.3 is 6.09 Å². The SMILES string of the molecule is CC(C)(C)OC(=O)Nc1cccc2c(Cl)nccc12. The molecular weight excluding hydrogens is 264 g/mol. The fraction of sp³-hybridized carbons (Fsp3) is 0.286. The first-order valence-corrected chi connectivity index (χ1v) is 6.28. The molecule has 1 aromatic heterocycles. The minimum absolute atomic E-state index is 0.408. The molecule has 0 aliphatic rings. The number of ether oxygens (including phenoxy) is 1. The van der Waals surface area contributed by atoms with E-state index in [1.54, 1.807) is 18.3 Å². The average molecular weight is 279 g/mol. The van der Waals surface area contributed by atoms with Gasteiger partial charge in [0.05, 0.1) is 5.69 Å². The Hall–Kier alpha value is -1.81. The summed E-state index contributed by atoms with van der Waals surface area (Å²) in [4.78, 5) is 15.8. The first-order chi connectivity index (χ1) is 8.87. The smallest absolute Gasteiger partial charge is 0.412 e. The monoisotopic (exact) mass is 278 g/mol. The van der Waals surface area contributed by atoms with Crippen LogP contribution in [0.1, 0.15) is 20.8 Å². The third-order valence-corrected chi connectivity index (χ3v) is 2.69. The van der Waals surface area contributed by atoms with Gasteiger partial charge in [-0.2, -0.15) is 0 Å². The summed E-state index contributed by atoms with van der Waals surface area (Å²) >= 11 is 6.02. The number of hydrogen-bond donors (Lipinski definition) is 1. The van der Waals surface area contributed by atoms with Gasteiger partial charge in [0.15, 0.2) is 0 Å². The minimum atomic E-state index is -0.534. The highest BCUT2D eigenvalue weighted by Gasteiger charge is 2.17. The maximum Gasteiger partial charge on any atom is 0.412 e. The van der Waals surface area contributed by atoms with Gasteiger partial charge < -0.3 is 4.74 Å². The Morgan fingerprint density at radius 1 is 1.26 bits per heavy atom. The molecule has 0 bridgehead atoms. The predicted molar refractivity (Wildman–Crippen MR) is 76.6 cm³/mol. The van der Waals surface area contributed by atoms with Crippen LogP contribution in [0.4, 0.5) is 10.5 Å². The van der Waals surface area contributed by atoms with Gasteiger partial charge in [-0.3, -0.25) is 5.32 Å². The van der Waals surface area contributed by atoms with Crippen LogP contribution in [0.5, 0.6) is 0 Å². The van der Waals surface area contributed by atoms with E-state index in [2.05, 4.69) is 10.3 Å². The molecule has 1 heterocycles. The molecule has 2 rings (SSSR count). The highest BCUT2D eigenvalue weighted by molar-refractivity contribution is 6.34. The van der Waals surface area contributed by atoms with Crippen molar-refractivity contribution in [3.05, 3.63) is 35.6 Å². The Kier molecular flexibility index (Phi) is 3.62. The topological polar surface area (TPSA) is 51.2 Å². The molecule has 0 aliphatic heterocycles. The Morgan fingerprint density at radius 3 is 2.68 bits per heavy atom. The molecular formula is C14H15ClN2O2. The first kappa shape index (κ1) is 13.6. The van der Waals surface area contributed by atoms with E-state index in [-0.39, 0.29) is 0 Å². The number of anilines is 1. The van der Waals surface area contributed by atoms with Crippen LogP contribution in [-0.4, -0.2) is 16.7 Å². The maximum atomic E-state index is 11.8. The van der Waals surface area contributed by atoms with E-state index in [1.807, 2.05) is 32.9 Å². The van der Waals surface area contributed by atoms with Crippen LogP contribution >= 0.6 is 11.6 Å². The van der Waals surface area contributed by atoms with Crippen LogP contribution in [0.2, 0.25) is 5.15 Å². The predicted octanol–water partition coefficient (Wildman–Crippen LogP) is 4.24. The van der Waals surface area contributed by atoms with Gasteiger partial charge in [0, 0.05) is 17.0 Å². The number of nitrogens with one attached hydrogen (secondary N) is 1. The van der Waals surface area contributed by atoms with Gasteiger partial charge in [0.2, 0.25) is 0 Å². The molecule has 0 fully saturated rings. The van der Waals surface area contributed by atoms with Crippen LogP contribution < -0.4 is 5.32 Å². The normalized spacial score (nSPS) is 11.4. The lowest BCUT2D eigenvalue weighted by Crippen LogP contribution is -2.27. The van der Waals surface area contributed by atoms with Crippen molar-refractivity contribution >= 4 is 34.2 Å². The van der Waals surface area contributed by atoms with E-state index in [1.165, 1.54) is 0 Å². The summed E-state index contributed by atoms with van der Waals surface area (Å²) in [7, 11) is 0. The number of aromatic nitrogens is 1. The third-order valence-electron chi connectivity index (χ3n) is 2.39. The summed E-state index contributed by atoms with van der Waals surface area (Å²) < 4.78 is 5.22. The Balaban J connectivity index is 2.31. The second-order valence-electron chi connectivity index (χ2n) is 5.13. The van der Waals surface area contributed by atoms with Gasteiger partial charge in [-0.1, -0.05) is 23.7 Å². The molecule has 1 amide bonds. The molecule has 1 N–H and O–H groups in total. The zero-order valence-electron chi connectivity index (χ0n) is 11.0. The zero-order valence-corrected chi connectivity index (χ0v) is 11.8. The molecule has 1 aromatic carbocycles. The molecule has 5 heteroatoms. The lowest BCUT2D eigenvalue weighted by molar-refractivity contribution is 0.0636. The second-order valence-corrected chi connectivity index (χ2v) is 5.49. The standard InChI is InChI=1S/C14H15ClN2O2/c1-14(2,3)19-13(18)17-11-6-4-5-10-9(11)7-8-16-12(10)15/h4-8H,1-3H3,(H,17,18). The number of hydrogen-bond acceptors (Lipinski definition) is 3. The molecule has 0 aliphatic carbocycles. The van der Waals surface area contributed by atoms with Crippen LogP contribution in [0, 0.1) is 0 Å². The molecule has 0 saturated carbocycles. The van der Waals surface area contributed by atoms with Crippen molar-refractivity contribution in [3.63, 3.8) is 0 Å². The Labute approximate surface area is 116 Å². The molecule has 0 unspecified atom stereocenters. The highest BCUT2D eigenvalue weighted by atomic mass is 35.5. The van der Waals surface area contributed by atoms with Gasteiger partial charge in [-0.15, -0.1) is 0 Å². The summed E-state index contributed by atoms with van der Waals surface area (Å²) in [5, 5.41) is 4.75. The highest BCUT2D eigenvalue weighted by Crippen LogP contribution is 2.27. The number of rotatable bonds is 1. The number of carbonyl (C=O) groups excluding carboxylic acids is 1. The quantitative estimate of drug-likeness (QED) is 0.794. The van der Waals surface area contributed by atoms with E-state index in [0.29, 0.717) is 10.8 Å². The minimum Gasteiger partial charge on any atom is -0.444 e. The molecule has 2 aromatic rings. The van der Waals surface area contributed by atoms with Crippen LogP contribution in [-0.2, 0) is 4.74 Å². The van der Waals surface area contributed by atoms with Crippen molar-refractivity contribution in [2.24, 2.45) is 0 Å². The zero-order chi connectivity index (χ0) is 14.0. The van der Waals surface area contributed by atoms with E-state index >= 15 is 0 Å². The number of amides is 1. The van der Waals surface area contributed by atoms with E-state index in [4.69, 9.17) is 16.3 Å². The molecule has 0 atom stereocenters.